The molecular formula is C17H25F2N3. The highest BCUT2D eigenvalue weighted by molar-refractivity contribution is 5.51. The highest BCUT2D eigenvalue weighted by Crippen LogP contribution is 2.37. The highest BCUT2D eigenvalue weighted by Gasteiger charge is 2.31. The number of rotatable bonds is 3. The molecule has 0 amide bonds. The molecule has 3 rings (SSSR count). The second kappa shape index (κ2) is 5.76. The van der Waals surface area contributed by atoms with Gasteiger partial charge in [0.2, 0.25) is 0 Å². The number of halogens is 2. The molecule has 1 aliphatic heterocycles. The second-order valence-corrected chi connectivity index (χ2v) is 7.43. The molecule has 0 atom stereocenters. The maximum absolute atomic E-state index is 12.5. The standard InChI is InChI=1S/C17H25F2N3/c1-12-8-13-9-17(2,3)10-14(13)20-16(12)22-6-4-21(5-7-22)11-15(18)19/h8,15H,4-7,9-11H2,1-3H3. The first-order valence-corrected chi connectivity index (χ1v) is 8.09. The fraction of sp³-hybridized carbons (Fsp3) is 0.706. The van der Waals surface area contributed by atoms with E-state index in [2.05, 4.69) is 31.7 Å². The summed E-state index contributed by atoms with van der Waals surface area (Å²) < 4.78 is 24.9. The average molecular weight is 309 g/mol. The molecule has 122 valence electrons. The third-order valence-corrected chi connectivity index (χ3v) is 4.74. The van der Waals surface area contributed by atoms with Crippen LogP contribution >= 0.6 is 0 Å². The van der Waals surface area contributed by atoms with Crippen LogP contribution in [0.3, 0.4) is 0 Å². The molecule has 2 heterocycles. The molecule has 22 heavy (non-hydrogen) atoms. The number of hydrogen-bond donors (Lipinski definition) is 0. The minimum absolute atomic E-state index is 0.112. The average Bonchev–Trinajstić information content (AvgIpc) is 2.71. The van der Waals surface area contributed by atoms with Crippen molar-refractivity contribution in [2.45, 2.75) is 40.0 Å². The summed E-state index contributed by atoms with van der Waals surface area (Å²) in [5.41, 5.74) is 4.11. The molecule has 3 nitrogen and oxygen atoms in total. The molecule has 0 aromatic carbocycles. The van der Waals surface area contributed by atoms with Gasteiger partial charge in [-0.2, -0.15) is 0 Å². The number of nitrogens with zero attached hydrogens (tertiary/aromatic N) is 3. The first kappa shape index (κ1) is 15.7. The van der Waals surface area contributed by atoms with Gasteiger partial charge in [-0.1, -0.05) is 19.9 Å². The van der Waals surface area contributed by atoms with E-state index in [1.807, 2.05) is 4.90 Å². The lowest BCUT2D eigenvalue weighted by atomic mass is 9.90. The summed E-state index contributed by atoms with van der Waals surface area (Å²) in [5.74, 6) is 1.05. The Labute approximate surface area is 131 Å². The Morgan fingerprint density at radius 3 is 2.50 bits per heavy atom. The third-order valence-electron chi connectivity index (χ3n) is 4.74. The summed E-state index contributed by atoms with van der Waals surface area (Å²) in [7, 11) is 0. The van der Waals surface area contributed by atoms with E-state index >= 15 is 0 Å². The molecule has 0 unspecified atom stereocenters. The van der Waals surface area contributed by atoms with Crippen molar-refractivity contribution >= 4 is 5.82 Å². The number of aryl methyl sites for hydroxylation is 1. The van der Waals surface area contributed by atoms with Crippen LogP contribution in [0, 0.1) is 12.3 Å². The molecule has 0 radical (unpaired) electrons. The molecule has 1 fully saturated rings. The van der Waals surface area contributed by atoms with Crippen LogP contribution in [0.5, 0.6) is 0 Å². The van der Waals surface area contributed by atoms with Crippen LogP contribution in [-0.4, -0.2) is 49.0 Å². The predicted molar refractivity (Wildman–Crippen MR) is 84.8 cm³/mol. The summed E-state index contributed by atoms with van der Waals surface area (Å²) in [6.07, 6.45) is -0.117. The fourth-order valence-electron chi connectivity index (χ4n) is 3.69. The molecule has 0 bridgehead atoms. The van der Waals surface area contributed by atoms with Gasteiger partial charge >= 0.3 is 0 Å². The number of aromatic nitrogens is 1. The summed E-state index contributed by atoms with van der Waals surface area (Å²) >= 11 is 0. The van der Waals surface area contributed by atoms with Crippen molar-refractivity contribution in [2.75, 3.05) is 37.6 Å². The van der Waals surface area contributed by atoms with Crippen molar-refractivity contribution < 1.29 is 8.78 Å². The Bertz CT molecular complexity index is 549. The normalized spacial score (nSPS) is 21.5. The Kier molecular flexibility index (Phi) is 4.10. The number of hydrogen-bond acceptors (Lipinski definition) is 3. The fourth-order valence-corrected chi connectivity index (χ4v) is 3.69. The van der Waals surface area contributed by atoms with Gasteiger partial charge in [0.1, 0.15) is 5.82 Å². The number of alkyl halides is 2. The van der Waals surface area contributed by atoms with Crippen LogP contribution in [0.25, 0.3) is 0 Å². The molecule has 1 aliphatic carbocycles. The van der Waals surface area contributed by atoms with Gasteiger partial charge in [0, 0.05) is 31.9 Å². The zero-order valence-corrected chi connectivity index (χ0v) is 13.7. The van der Waals surface area contributed by atoms with Crippen molar-refractivity contribution in [3.63, 3.8) is 0 Å². The minimum Gasteiger partial charge on any atom is -0.354 e. The van der Waals surface area contributed by atoms with Crippen molar-refractivity contribution in [3.05, 3.63) is 22.9 Å². The lowest BCUT2D eigenvalue weighted by Gasteiger charge is -2.36. The first-order valence-electron chi connectivity index (χ1n) is 8.09. The van der Waals surface area contributed by atoms with Gasteiger partial charge in [0.25, 0.3) is 6.43 Å². The van der Waals surface area contributed by atoms with Gasteiger partial charge in [0.15, 0.2) is 0 Å². The van der Waals surface area contributed by atoms with Crippen molar-refractivity contribution in [1.29, 1.82) is 0 Å². The summed E-state index contributed by atoms with van der Waals surface area (Å²) in [6, 6.07) is 2.28. The summed E-state index contributed by atoms with van der Waals surface area (Å²) in [5, 5.41) is 0. The number of anilines is 1. The van der Waals surface area contributed by atoms with Crippen LogP contribution in [-0.2, 0) is 12.8 Å². The maximum Gasteiger partial charge on any atom is 0.251 e. The van der Waals surface area contributed by atoms with Gasteiger partial charge in [-0.15, -0.1) is 0 Å². The van der Waals surface area contributed by atoms with Crippen LogP contribution in [0.2, 0.25) is 0 Å². The zero-order valence-electron chi connectivity index (χ0n) is 13.7. The summed E-state index contributed by atoms with van der Waals surface area (Å²) in [4.78, 5) is 9.01. The smallest absolute Gasteiger partial charge is 0.251 e. The molecule has 5 heteroatoms. The van der Waals surface area contributed by atoms with Gasteiger partial charge < -0.3 is 4.90 Å². The first-order chi connectivity index (χ1) is 10.3. The molecular weight excluding hydrogens is 284 g/mol. The van der Waals surface area contributed by atoms with Crippen LogP contribution < -0.4 is 4.90 Å². The Morgan fingerprint density at radius 1 is 1.18 bits per heavy atom. The topological polar surface area (TPSA) is 19.4 Å². The molecule has 0 spiro atoms. The number of pyridine rings is 1. The van der Waals surface area contributed by atoms with E-state index in [-0.39, 0.29) is 6.54 Å². The van der Waals surface area contributed by atoms with Crippen LogP contribution in [0.4, 0.5) is 14.6 Å². The van der Waals surface area contributed by atoms with E-state index in [9.17, 15) is 8.78 Å². The molecule has 2 aliphatic rings. The van der Waals surface area contributed by atoms with E-state index in [0.29, 0.717) is 18.5 Å². The van der Waals surface area contributed by atoms with Gasteiger partial charge in [-0.25, -0.2) is 13.8 Å². The van der Waals surface area contributed by atoms with E-state index in [0.717, 1.165) is 31.7 Å². The molecule has 0 N–H and O–H groups in total. The number of fused-ring (bicyclic) bond motifs is 1. The maximum atomic E-state index is 12.5. The van der Waals surface area contributed by atoms with Crippen LogP contribution in [0.1, 0.15) is 30.7 Å². The van der Waals surface area contributed by atoms with E-state index in [1.54, 1.807) is 0 Å². The van der Waals surface area contributed by atoms with Crippen molar-refractivity contribution in [3.8, 4) is 0 Å². The Hall–Kier alpha value is -1.23. The monoisotopic (exact) mass is 309 g/mol. The van der Waals surface area contributed by atoms with E-state index < -0.39 is 6.43 Å². The SMILES string of the molecule is Cc1cc2c(nc1N1CCN(CC(F)F)CC1)CC(C)(C)C2. The van der Waals surface area contributed by atoms with Crippen LogP contribution in [0.15, 0.2) is 6.07 Å². The van der Waals surface area contributed by atoms with E-state index in [1.165, 1.54) is 16.8 Å². The summed E-state index contributed by atoms with van der Waals surface area (Å²) in [6.45, 7) is 9.51. The molecule has 1 saturated heterocycles. The van der Waals surface area contributed by atoms with E-state index in [4.69, 9.17) is 4.98 Å². The molecule has 0 saturated carbocycles. The van der Waals surface area contributed by atoms with Crippen molar-refractivity contribution in [1.82, 2.24) is 9.88 Å². The number of piperazine rings is 1. The second-order valence-electron chi connectivity index (χ2n) is 7.43. The van der Waals surface area contributed by atoms with Gasteiger partial charge in [0.05, 0.1) is 6.54 Å². The predicted octanol–water partition coefficient (Wildman–Crippen LogP) is 2.90. The Balaban J connectivity index is 1.72. The minimum atomic E-state index is -2.24. The lowest BCUT2D eigenvalue weighted by molar-refractivity contribution is 0.0853. The quantitative estimate of drug-likeness (QED) is 0.856. The lowest BCUT2D eigenvalue weighted by Crippen LogP contribution is -2.48. The molecule has 1 aromatic rings. The third kappa shape index (κ3) is 3.24. The molecule has 1 aromatic heterocycles. The highest BCUT2D eigenvalue weighted by atomic mass is 19.3. The largest absolute Gasteiger partial charge is 0.354 e. The zero-order chi connectivity index (χ0) is 15.9. The Morgan fingerprint density at radius 2 is 1.86 bits per heavy atom. The van der Waals surface area contributed by atoms with Gasteiger partial charge in [-0.3, -0.25) is 4.90 Å². The van der Waals surface area contributed by atoms with Crippen molar-refractivity contribution in [2.24, 2.45) is 5.41 Å². The van der Waals surface area contributed by atoms with Gasteiger partial charge in [-0.05, 0) is 36.3 Å².